The Morgan fingerprint density at radius 1 is 1.26 bits per heavy atom. The summed E-state index contributed by atoms with van der Waals surface area (Å²) in [5.41, 5.74) is 5.32. The molecule has 1 heterocycles. The minimum absolute atomic E-state index is 0.179. The van der Waals surface area contributed by atoms with Gasteiger partial charge in [0.25, 0.3) is 0 Å². The van der Waals surface area contributed by atoms with E-state index in [1.165, 1.54) is 0 Å². The Bertz CT molecular complexity index is 885. The molecule has 0 spiro atoms. The normalized spacial score (nSPS) is 11.2. The first kappa shape index (κ1) is 15.4. The lowest BCUT2D eigenvalue weighted by molar-refractivity contribution is -0.120. The van der Waals surface area contributed by atoms with Gasteiger partial charge in [-0.3, -0.25) is 4.79 Å². The Labute approximate surface area is 142 Å². The molecule has 0 saturated heterocycles. The highest BCUT2D eigenvalue weighted by atomic mass is 79.9. The minimum atomic E-state index is -0.202. The average molecular weight is 371 g/mol. The smallest absolute Gasteiger partial charge is 0.247 e. The number of halogens is 1. The van der Waals surface area contributed by atoms with Crippen molar-refractivity contribution in [3.8, 4) is 0 Å². The standard InChI is InChI=1S/C17H15BrN4O/c1-22-15-9-5-4-8-14(15)20-16(22)10-17(23)21-19-11-12-6-2-3-7-13(12)18/h2-9,11H,10H2,1H3,(H,21,23)/b19-11+. The lowest BCUT2D eigenvalue weighted by Crippen LogP contribution is -2.21. The van der Waals surface area contributed by atoms with E-state index in [1.807, 2.05) is 60.1 Å². The van der Waals surface area contributed by atoms with E-state index < -0.39 is 0 Å². The number of fused-ring (bicyclic) bond motifs is 1. The van der Waals surface area contributed by atoms with Crippen LogP contribution in [0, 0.1) is 0 Å². The summed E-state index contributed by atoms with van der Waals surface area (Å²) >= 11 is 3.43. The molecular weight excluding hydrogens is 356 g/mol. The van der Waals surface area contributed by atoms with Crippen molar-refractivity contribution in [3.63, 3.8) is 0 Å². The van der Waals surface area contributed by atoms with E-state index in [1.54, 1.807) is 6.21 Å². The maximum Gasteiger partial charge on any atom is 0.247 e. The summed E-state index contributed by atoms with van der Waals surface area (Å²) in [7, 11) is 1.91. The van der Waals surface area contributed by atoms with Gasteiger partial charge in [-0.25, -0.2) is 10.4 Å². The number of rotatable bonds is 4. The van der Waals surface area contributed by atoms with Crippen molar-refractivity contribution in [3.05, 3.63) is 64.4 Å². The lowest BCUT2D eigenvalue weighted by atomic mass is 10.2. The second kappa shape index (κ2) is 6.75. The molecular formula is C17H15BrN4O. The van der Waals surface area contributed by atoms with Gasteiger partial charge in [-0.1, -0.05) is 46.3 Å². The zero-order chi connectivity index (χ0) is 16.2. The number of nitrogens with zero attached hydrogens (tertiary/aromatic N) is 3. The molecule has 23 heavy (non-hydrogen) atoms. The number of benzene rings is 2. The van der Waals surface area contributed by atoms with Crippen molar-refractivity contribution in [2.75, 3.05) is 0 Å². The molecule has 0 bridgehead atoms. The number of hydrazone groups is 1. The fourth-order valence-corrected chi connectivity index (χ4v) is 2.68. The molecule has 5 nitrogen and oxygen atoms in total. The molecule has 0 saturated carbocycles. The number of carbonyl (C=O) groups excluding carboxylic acids is 1. The average Bonchev–Trinajstić information content (AvgIpc) is 2.86. The predicted octanol–water partition coefficient (Wildman–Crippen LogP) is 3.03. The van der Waals surface area contributed by atoms with Gasteiger partial charge >= 0.3 is 0 Å². The van der Waals surface area contributed by atoms with Crippen molar-refractivity contribution in [1.82, 2.24) is 15.0 Å². The first-order valence-electron chi connectivity index (χ1n) is 7.12. The number of amides is 1. The number of aryl methyl sites for hydroxylation is 1. The zero-order valence-corrected chi connectivity index (χ0v) is 14.1. The topological polar surface area (TPSA) is 59.3 Å². The second-order valence-electron chi connectivity index (χ2n) is 5.07. The van der Waals surface area contributed by atoms with Gasteiger partial charge in [-0.2, -0.15) is 5.10 Å². The van der Waals surface area contributed by atoms with E-state index in [-0.39, 0.29) is 12.3 Å². The van der Waals surface area contributed by atoms with Gasteiger partial charge in [-0.05, 0) is 18.2 Å². The molecule has 6 heteroatoms. The van der Waals surface area contributed by atoms with Crippen LogP contribution in [0.5, 0.6) is 0 Å². The molecule has 1 aromatic heterocycles. The van der Waals surface area contributed by atoms with Gasteiger partial charge in [0, 0.05) is 17.1 Å². The molecule has 3 aromatic rings. The molecule has 1 N–H and O–H groups in total. The van der Waals surface area contributed by atoms with E-state index >= 15 is 0 Å². The predicted molar refractivity (Wildman–Crippen MR) is 94.3 cm³/mol. The van der Waals surface area contributed by atoms with Crippen LogP contribution in [0.15, 0.2) is 58.1 Å². The first-order valence-corrected chi connectivity index (χ1v) is 7.91. The van der Waals surface area contributed by atoms with Crippen LogP contribution < -0.4 is 5.43 Å². The number of hydrogen-bond donors (Lipinski definition) is 1. The van der Waals surface area contributed by atoms with Crippen LogP contribution >= 0.6 is 15.9 Å². The fraction of sp³-hybridized carbons (Fsp3) is 0.118. The molecule has 0 aliphatic heterocycles. The van der Waals surface area contributed by atoms with Crippen LogP contribution in [0.1, 0.15) is 11.4 Å². The van der Waals surface area contributed by atoms with Gasteiger partial charge in [0.15, 0.2) is 0 Å². The molecule has 116 valence electrons. The number of aromatic nitrogens is 2. The van der Waals surface area contributed by atoms with Gasteiger partial charge in [0.1, 0.15) is 5.82 Å². The van der Waals surface area contributed by atoms with Gasteiger partial charge in [0.2, 0.25) is 5.91 Å². The monoisotopic (exact) mass is 370 g/mol. The van der Waals surface area contributed by atoms with E-state index in [9.17, 15) is 4.79 Å². The Morgan fingerprint density at radius 2 is 2.00 bits per heavy atom. The number of para-hydroxylation sites is 2. The maximum absolute atomic E-state index is 12.0. The van der Waals surface area contributed by atoms with Gasteiger partial charge < -0.3 is 4.57 Å². The van der Waals surface area contributed by atoms with E-state index in [0.29, 0.717) is 5.82 Å². The highest BCUT2D eigenvalue weighted by Crippen LogP contribution is 2.15. The third kappa shape index (κ3) is 3.48. The second-order valence-corrected chi connectivity index (χ2v) is 5.92. The molecule has 0 aliphatic carbocycles. The molecule has 0 atom stereocenters. The molecule has 2 aromatic carbocycles. The summed E-state index contributed by atoms with van der Waals surface area (Å²) < 4.78 is 2.85. The van der Waals surface area contributed by atoms with Crippen LogP contribution in [-0.2, 0) is 18.3 Å². The van der Waals surface area contributed by atoms with Crippen molar-refractivity contribution >= 4 is 39.1 Å². The first-order chi connectivity index (χ1) is 11.1. The largest absolute Gasteiger partial charge is 0.331 e. The Morgan fingerprint density at radius 3 is 2.78 bits per heavy atom. The number of carbonyl (C=O) groups is 1. The molecule has 1 amide bonds. The maximum atomic E-state index is 12.0. The summed E-state index contributed by atoms with van der Waals surface area (Å²) in [6.07, 6.45) is 1.79. The summed E-state index contributed by atoms with van der Waals surface area (Å²) in [4.78, 5) is 16.5. The van der Waals surface area contributed by atoms with Crippen molar-refractivity contribution < 1.29 is 4.79 Å². The summed E-state index contributed by atoms with van der Waals surface area (Å²) in [6.45, 7) is 0. The fourth-order valence-electron chi connectivity index (χ4n) is 2.29. The summed E-state index contributed by atoms with van der Waals surface area (Å²) in [6, 6.07) is 15.5. The van der Waals surface area contributed by atoms with Crippen molar-refractivity contribution in [2.45, 2.75) is 6.42 Å². The van der Waals surface area contributed by atoms with Crippen molar-refractivity contribution in [2.24, 2.45) is 12.1 Å². The minimum Gasteiger partial charge on any atom is -0.331 e. The number of nitrogens with one attached hydrogen (secondary N) is 1. The molecule has 3 rings (SSSR count). The van der Waals surface area contributed by atoms with Gasteiger partial charge in [-0.15, -0.1) is 0 Å². The Hall–Kier alpha value is -2.47. The van der Waals surface area contributed by atoms with E-state index in [0.717, 1.165) is 21.1 Å². The Kier molecular flexibility index (Phi) is 4.52. The van der Waals surface area contributed by atoms with Crippen LogP contribution in [-0.4, -0.2) is 21.7 Å². The van der Waals surface area contributed by atoms with E-state index in [2.05, 4.69) is 31.4 Å². The van der Waals surface area contributed by atoms with E-state index in [4.69, 9.17) is 0 Å². The third-order valence-corrected chi connectivity index (χ3v) is 4.22. The molecule has 0 aliphatic rings. The SMILES string of the molecule is Cn1c(CC(=O)N/N=C/c2ccccc2Br)nc2ccccc21. The Balaban J connectivity index is 1.67. The molecule has 0 unspecified atom stereocenters. The van der Waals surface area contributed by atoms with Gasteiger partial charge in [0.05, 0.1) is 23.7 Å². The summed E-state index contributed by atoms with van der Waals surface area (Å²) in [5.74, 6) is 0.506. The third-order valence-electron chi connectivity index (χ3n) is 3.50. The zero-order valence-electron chi connectivity index (χ0n) is 12.5. The highest BCUT2D eigenvalue weighted by molar-refractivity contribution is 9.10. The lowest BCUT2D eigenvalue weighted by Gasteiger charge is -2.02. The number of imidazole rings is 1. The molecule has 0 radical (unpaired) electrons. The molecule has 0 fully saturated rings. The van der Waals surface area contributed by atoms with Crippen LogP contribution in [0.25, 0.3) is 11.0 Å². The van der Waals surface area contributed by atoms with Crippen LogP contribution in [0.2, 0.25) is 0 Å². The summed E-state index contributed by atoms with van der Waals surface area (Å²) in [5, 5.41) is 3.99. The van der Waals surface area contributed by atoms with Crippen LogP contribution in [0.3, 0.4) is 0 Å². The quantitative estimate of drug-likeness (QED) is 0.566. The van der Waals surface area contributed by atoms with Crippen molar-refractivity contribution in [1.29, 1.82) is 0 Å². The highest BCUT2D eigenvalue weighted by Gasteiger charge is 2.10. The number of hydrogen-bond acceptors (Lipinski definition) is 3. The van der Waals surface area contributed by atoms with Crippen LogP contribution in [0.4, 0.5) is 0 Å².